The summed E-state index contributed by atoms with van der Waals surface area (Å²) in [6, 6.07) is 0. The Morgan fingerprint density at radius 1 is 0.457 bits per heavy atom. The lowest BCUT2D eigenvalue weighted by Gasteiger charge is -2.50. The van der Waals surface area contributed by atoms with Gasteiger partial charge in [-0.15, -0.1) is 0 Å². The molecule has 4 aliphatic rings. The maximum atomic E-state index is 11.6. The Morgan fingerprint density at radius 2 is 0.913 bits per heavy atom. The molecule has 4 rings (SSSR count). The van der Waals surface area contributed by atoms with E-state index in [4.69, 9.17) is 33.2 Å². The van der Waals surface area contributed by atoms with Crippen LogP contribution in [0.25, 0.3) is 0 Å². The smallest absolute Gasteiger partial charge is 0.335 e. The summed E-state index contributed by atoms with van der Waals surface area (Å²) in [5, 5.41) is 142. The first kappa shape index (κ1) is 37.5. The second-order valence-corrected chi connectivity index (χ2v) is 11.2. The molecular weight excluding hydrogens is 640 g/mol. The molecule has 0 aromatic carbocycles. The molecule has 20 atom stereocenters. The third-order valence-electron chi connectivity index (χ3n) is 8.17. The summed E-state index contributed by atoms with van der Waals surface area (Å²) in [6.07, 6.45) is -38.9. The van der Waals surface area contributed by atoms with E-state index in [0.29, 0.717) is 0 Å². The Labute approximate surface area is 258 Å². The van der Waals surface area contributed by atoms with Gasteiger partial charge in [0.1, 0.15) is 91.6 Å². The number of aliphatic hydroxyl groups is 13. The Hall–Kier alpha value is -1.33. The number of carboxylic acid groups (broad SMARTS) is 1. The van der Waals surface area contributed by atoms with Gasteiger partial charge in [-0.25, -0.2) is 4.79 Å². The van der Waals surface area contributed by atoms with E-state index >= 15 is 0 Å². The lowest BCUT2D eigenvalue weighted by atomic mass is 9.95. The Morgan fingerprint density at radius 3 is 1.48 bits per heavy atom. The predicted octanol–water partition coefficient (Wildman–Crippen LogP) is -9.66. The first-order valence-corrected chi connectivity index (χ1v) is 14.1. The van der Waals surface area contributed by atoms with Gasteiger partial charge in [0.25, 0.3) is 0 Å². The van der Waals surface area contributed by atoms with Gasteiger partial charge in [-0.3, -0.25) is 0 Å². The van der Waals surface area contributed by atoms with Crippen LogP contribution in [0, 0.1) is 0 Å². The Balaban J connectivity index is 1.66. The summed E-state index contributed by atoms with van der Waals surface area (Å²) in [6.45, 7) is -2.78. The van der Waals surface area contributed by atoms with Crippen molar-refractivity contribution in [1.82, 2.24) is 0 Å². The van der Waals surface area contributed by atoms with Crippen molar-refractivity contribution in [3.8, 4) is 0 Å². The third kappa shape index (κ3) is 7.31. The highest BCUT2D eigenvalue weighted by Gasteiger charge is 2.56. The van der Waals surface area contributed by atoms with E-state index in [0.717, 1.165) is 0 Å². The van der Waals surface area contributed by atoms with Gasteiger partial charge in [-0.1, -0.05) is 0 Å². The molecule has 4 aliphatic heterocycles. The van der Waals surface area contributed by atoms with Crippen molar-refractivity contribution in [2.24, 2.45) is 0 Å². The van der Waals surface area contributed by atoms with E-state index in [2.05, 4.69) is 0 Å². The van der Waals surface area contributed by atoms with Crippen molar-refractivity contribution >= 4 is 5.97 Å². The summed E-state index contributed by atoms with van der Waals surface area (Å²) >= 11 is 0. The van der Waals surface area contributed by atoms with Crippen molar-refractivity contribution in [1.29, 1.82) is 0 Å². The van der Waals surface area contributed by atoms with Crippen LogP contribution in [-0.4, -0.2) is 220 Å². The molecule has 14 N–H and O–H groups in total. The molecule has 0 saturated carbocycles. The van der Waals surface area contributed by atoms with Crippen LogP contribution in [0.1, 0.15) is 0 Å². The lowest BCUT2D eigenvalue weighted by molar-refractivity contribution is -0.397. The summed E-state index contributed by atoms with van der Waals surface area (Å²) in [4.78, 5) is 11.6. The first-order valence-electron chi connectivity index (χ1n) is 14.1. The fourth-order valence-electron chi connectivity index (χ4n) is 5.52. The third-order valence-corrected chi connectivity index (χ3v) is 8.17. The molecule has 22 heteroatoms. The fraction of sp³-hybridized carbons (Fsp3) is 0.958. The molecule has 0 bridgehead atoms. The van der Waals surface area contributed by atoms with Crippen LogP contribution >= 0.6 is 0 Å². The largest absolute Gasteiger partial charge is 0.479 e. The minimum atomic E-state index is -2.18. The first-order chi connectivity index (χ1) is 21.7. The number of carbonyl (C=O) groups is 1. The van der Waals surface area contributed by atoms with Crippen LogP contribution in [0.5, 0.6) is 0 Å². The zero-order valence-electron chi connectivity index (χ0n) is 23.7. The normalized spacial score (nSPS) is 51.9. The molecule has 22 nitrogen and oxygen atoms in total. The molecule has 0 aliphatic carbocycles. The van der Waals surface area contributed by atoms with E-state index in [-0.39, 0.29) is 0 Å². The Kier molecular flexibility index (Phi) is 12.6. The molecule has 4 heterocycles. The van der Waals surface area contributed by atoms with Gasteiger partial charge < -0.3 is 105 Å². The van der Waals surface area contributed by atoms with Crippen molar-refractivity contribution in [3.63, 3.8) is 0 Å². The van der Waals surface area contributed by atoms with Crippen LogP contribution in [0.4, 0.5) is 0 Å². The topological polar surface area (TPSA) is 365 Å². The van der Waals surface area contributed by atoms with Crippen LogP contribution in [0.15, 0.2) is 0 Å². The van der Waals surface area contributed by atoms with E-state index < -0.39 is 149 Å². The van der Waals surface area contributed by atoms with Gasteiger partial charge in [-0.05, 0) is 0 Å². The van der Waals surface area contributed by atoms with Crippen molar-refractivity contribution < 1.29 is 109 Å². The van der Waals surface area contributed by atoms with E-state index in [1.165, 1.54) is 0 Å². The molecule has 4 fully saturated rings. The van der Waals surface area contributed by atoms with E-state index in [1.807, 2.05) is 0 Å². The van der Waals surface area contributed by atoms with Gasteiger partial charge in [0.05, 0.1) is 19.8 Å². The van der Waals surface area contributed by atoms with Crippen LogP contribution < -0.4 is 0 Å². The summed E-state index contributed by atoms with van der Waals surface area (Å²) in [5.74, 6) is -1.79. The quantitative estimate of drug-likeness (QED) is 0.102. The van der Waals surface area contributed by atoms with Crippen LogP contribution in [0.3, 0.4) is 0 Å². The average molecular weight is 681 g/mol. The average Bonchev–Trinajstić information content (AvgIpc) is 3.03. The highest BCUT2D eigenvalue weighted by atomic mass is 16.8. The highest BCUT2D eigenvalue weighted by Crippen LogP contribution is 2.35. The second-order valence-electron chi connectivity index (χ2n) is 11.2. The predicted molar refractivity (Wildman–Crippen MR) is 134 cm³/mol. The van der Waals surface area contributed by atoms with E-state index in [9.17, 15) is 76.3 Å². The van der Waals surface area contributed by atoms with Gasteiger partial charge in [0.2, 0.25) is 0 Å². The molecule has 0 radical (unpaired) electrons. The lowest BCUT2D eigenvalue weighted by Crippen LogP contribution is -2.68. The second kappa shape index (κ2) is 15.5. The molecule has 0 spiro atoms. The SMILES string of the molecule is O=C(O)[C@H]1O[C@H](O[C@@H]2[C@H](O)[C@H](O[C@H]3[C@H](O)[C@@H](O)[C@@H](O)O[C@@H]3CO)O[C@H](CO)[C@H]2O[C@@H]2O[C@H](CO)[C@@H](O)[C@H](O)[C@H]2O)[C@H](O)[C@@H](O)[C@@H]1O. The summed E-state index contributed by atoms with van der Waals surface area (Å²) in [7, 11) is 0. The number of hydrogen-bond donors (Lipinski definition) is 14. The summed E-state index contributed by atoms with van der Waals surface area (Å²) < 4.78 is 37.9. The molecule has 268 valence electrons. The van der Waals surface area contributed by atoms with Crippen molar-refractivity contribution in [2.45, 2.75) is 123 Å². The highest BCUT2D eigenvalue weighted by molar-refractivity contribution is 5.73. The minimum absolute atomic E-state index is 0.870. The van der Waals surface area contributed by atoms with Crippen LogP contribution in [-0.2, 0) is 38.0 Å². The number of aliphatic hydroxyl groups excluding tert-OH is 13. The maximum Gasteiger partial charge on any atom is 0.335 e. The van der Waals surface area contributed by atoms with Gasteiger partial charge in [0, 0.05) is 0 Å². The molecule has 0 amide bonds. The number of aliphatic carboxylic acids is 1. The number of carboxylic acids is 1. The van der Waals surface area contributed by atoms with E-state index in [1.54, 1.807) is 0 Å². The standard InChI is InChI=1S/C24H40O22/c25-1-4-7(28)8(29)13(34)22(41-4)44-17-6(3-27)42-24(43-16-5(2-26)40-21(39)12(33)11(16)32)15(36)18(17)45-23-14(35)9(30)10(31)19(46-23)20(37)38/h4-19,21-36,39H,1-3H2,(H,37,38)/t4-,5-,6-,7-,8+,9+,10+,11-,12-,13-,14-,15+,16-,17-,18-,19+,21+,22+,23+,24+/m1/s1. The zero-order chi connectivity index (χ0) is 34.2. The van der Waals surface area contributed by atoms with Gasteiger partial charge in [-0.2, -0.15) is 0 Å². The molecular formula is C24H40O22. The monoisotopic (exact) mass is 680 g/mol. The molecule has 0 aromatic rings. The minimum Gasteiger partial charge on any atom is -0.479 e. The Bertz CT molecular complexity index is 988. The molecule has 0 unspecified atom stereocenters. The summed E-state index contributed by atoms with van der Waals surface area (Å²) in [5.41, 5.74) is 0. The molecule has 4 saturated heterocycles. The number of ether oxygens (including phenoxy) is 7. The van der Waals surface area contributed by atoms with Crippen LogP contribution in [0.2, 0.25) is 0 Å². The fourth-order valence-corrected chi connectivity index (χ4v) is 5.52. The van der Waals surface area contributed by atoms with Crippen molar-refractivity contribution in [3.05, 3.63) is 0 Å². The molecule has 46 heavy (non-hydrogen) atoms. The molecule has 0 aromatic heterocycles. The zero-order valence-corrected chi connectivity index (χ0v) is 23.7. The van der Waals surface area contributed by atoms with Gasteiger partial charge in [0.15, 0.2) is 31.3 Å². The van der Waals surface area contributed by atoms with Crippen molar-refractivity contribution in [2.75, 3.05) is 19.8 Å². The number of hydrogen-bond acceptors (Lipinski definition) is 21. The van der Waals surface area contributed by atoms with Gasteiger partial charge >= 0.3 is 5.97 Å². The number of rotatable bonds is 10. The maximum absolute atomic E-state index is 11.6.